The number of ether oxygens (including phenoxy) is 1. The van der Waals surface area contributed by atoms with E-state index in [0.29, 0.717) is 0 Å². The molecule has 0 aliphatic heterocycles. The average molecular weight is 226 g/mol. The minimum absolute atomic E-state index is 0.171. The fourth-order valence-electron chi connectivity index (χ4n) is 1.92. The lowest BCUT2D eigenvalue weighted by Crippen LogP contribution is -1.98. The van der Waals surface area contributed by atoms with Gasteiger partial charge in [-0.05, 0) is 30.5 Å². The molecule has 17 heavy (non-hydrogen) atoms. The lowest BCUT2D eigenvalue weighted by atomic mass is 10.0. The maximum atomic E-state index is 5.57. The third-order valence-electron chi connectivity index (χ3n) is 2.90. The van der Waals surface area contributed by atoms with Gasteiger partial charge in [0.25, 0.3) is 0 Å². The van der Waals surface area contributed by atoms with Gasteiger partial charge in [0.05, 0.1) is 6.10 Å². The largest absolute Gasteiger partial charge is 0.374 e. The van der Waals surface area contributed by atoms with E-state index in [1.165, 1.54) is 16.7 Å². The van der Waals surface area contributed by atoms with Crippen molar-refractivity contribution in [1.82, 2.24) is 0 Å². The van der Waals surface area contributed by atoms with Gasteiger partial charge in [0.15, 0.2) is 0 Å². The monoisotopic (exact) mass is 226 g/mol. The molecule has 0 bridgehead atoms. The predicted octanol–water partition coefficient (Wildman–Crippen LogP) is 4.45. The molecule has 0 aliphatic carbocycles. The highest BCUT2D eigenvalue weighted by Gasteiger charge is 2.04. The van der Waals surface area contributed by atoms with E-state index in [-0.39, 0.29) is 6.10 Å². The van der Waals surface area contributed by atoms with Gasteiger partial charge in [-0.15, -0.1) is 0 Å². The summed E-state index contributed by atoms with van der Waals surface area (Å²) in [6, 6.07) is 19.0. The van der Waals surface area contributed by atoms with E-state index in [2.05, 4.69) is 55.5 Å². The Morgan fingerprint density at radius 3 is 2.06 bits per heavy atom. The maximum absolute atomic E-state index is 5.57. The highest BCUT2D eigenvalue weighted by molar-refractivity contribution is 5.63. The molecule has 0 fully saturated rings. The second kappa shape index (κ2) is 5.65. The van der Waals surface area contributed by atoms with E-state index in [4.69, 9.17) is 4.74 Å². The van der Waals surface area contributed by atoms with Crippen LogP contribution in [0.2, 0.25) is 0 Å². The Morgan fingerprint density at radius 1 is 0.882 bits per heavy atom. The summed E-state index contributed by atoms with van der Waals surface area (Å²) in [7, 11) is 0. The van der Waals surface area contributed by atoms with Crippen LogP contribution in [0.4, 0.5) is 0 Å². The zero-order valence-corrected chi connectivity index (χ0v) is 10.4. The Morgan fingerprint density at radius 2 is 1.47 bits per heavy atom. The predicted molar refractivity (Wildman–Crippen MR) is 71.9 cm³/mol. The Balaban J connectivity index is 2.19. The van der Waals surface area contributed by atoms with Crippen molar-refractivity contribution < 1.29 is 4.74 Å². The van der Waals surface area contributed by atoms with Crippen LogP contribution in [-0.2, 0) is 4.74 Å². The quantitative estimate of drug-likeness (QED) is 0.748. The summed E-state index contributed by atoms with van der Waals surface area (Å²) in [5.41, 5.74) is 3.73. The van der Waals surface area contributed by atoms with Crippen LogP contribution in [0, 0.1) is 0 Å². The number of rotatable bonds is 4. The van der Waals surface area contributed by atoms with E-state index < -0.39 is 0 Å². The van der Waals surface area contributed by atoms with E-state index in [9.17, 15) is 0 Å². The van der Waals surface area contributed by atoms with Crippen LogP contribution in [0.3, 0.4) is 0 Å². The van der Waals surface area contributed by atoms with Crippen LogP contribution >= 0.6 is 0 Å². The van der Waals surface area contributed by atoms with E-state index in [1.807, 2.05) is 13.0 Å². The van der Waals surface area contributed by atoms with Crippen molar-refractivity contribution in [3.8, 4) is 11.1 Å². The van der Waals surface area contributed by atoms with Gasteiger partial charge in [0, 0.05) is 6.61 Å². The Bertz CT molecular complexity index is 445. The first-order valence-corrected chi connectivity index (χ1v) is 6.08. The van der Waals surface area contributed by atoms with Crippen molar-refractivity contribution in [2.75, 3.05) is 6.61 Å². The lowest BCUT2D eigenvalue weighted by Gasteiger charge is -2.12. The van der Waals surface area contributed by atoms with Crippen molar-refractivity contribution >= 4 is 0 Å². The summed E-state index contributed by atoms with van der Waals surface area (Å²) in [6.45, 7) is 4.86. The molecule has 88 valence electrons. The topological polar surface area (TPSA) is 9.23 Å². The normalized spacial score (nSPS) is 12.4. The fourth-order valence-corrected chi connectivity index (χ4v) is 1.92. The molecule has 0 aromatic heterocycles. The lowest BCUT2D eigenvalue weighted by molar-refractivity contribution is 0.0764. The summed E-state index contributed by atoms with van der Waals surface area (Å²) < 4.78 is 5.57. The smallest absolute Gasteiger partial charge is 0.0796 e. The third-order valence-corrected chi connectivity index (χ3v) is 2.90. The second-order valence-electron chi connectivity index (χ2n) is 4.09. The molecule has 2 rings (SSSR count). The molecule has 0 amide bonds. The van der Waals surface area contributed by atoms with Crippen molar-refractivity contribution in [3.63, 3.8) is 0 Å². The average Bonchev–Trinajstić information content (AvgIpc) is 2.40. The van der Waals surface area contributed by atoms with Crippen LogP contribution in [0.1, 0.15) is 25.5 Å². The molecular weight excluding hydrogens is 208 g/mol. The molecule has 1 nitrogen and oxygen atoms in total. The first-order chi connectivity index (χ1) is 8.31. The maximum Gasteiger partial charge on any atom is 0.0796 e. The molecule has 0 aliphatic rings. The summed E-state index contributed by atoms with van der Waals surface area (Å²) in [5.74, 6) is 0. The summed E-state index contributed by atoms with van der Waals surface area (Å²) >= 11 is 0. The SMILES string of the molecule is CCOC(C)c1ccc(-c2ccccc2)cc1. The van der Waals surface area contributed by atoms with E-state index >= 15 is 0 Å². The molecule has 2 aromatic carbocycles. The minimum Gasteiger partial charge on any atom is -0.374 e. The van der Waals surface area contributed by atoms with Gasteiger partial charge in [-0.1, -0.05) is 54.6 Å². The standard InChI is InChI=1S/C16H18O/c1-3-17-13(2)14-9-11-16(12-10-14)15-7-5-4-6-8-15/h4-13H,3H2,1-2H3. The van der Waals surface area contributed by atoms with Gasteiger partial charge in [-0.25, -0.2) is 0 Å². The van der Waals surface area contributed by atoms with E-state index in [0.717, 1.165) is 6.61 Å². The summed E-state index contributed by atoms with van der Waals surface area (Å²) in [6.07, 6.45) is 0.171. The molecule has 1 atom stereocenters. The molecule has 0 N–H and O–H groups in total. The van der Waals surface area contributed by atoms with Crippen LogP contribution in [0.15, 0.2) is 54.6 Å². The Labute approximate surface area is 103 Å². The van der Waals surface area contributed by atoms with Crippen molar-refractivity contribution in [2.45, 2.75) is 20.0 Å². The van der Waals surface area contributed by atoms with Crippen molar-refractivity contribution in [3.05, 3.63) is 60.2 Å². The fraction of sp³-hybridized carbons (Fsp3) is 0.250. The molecular formula is C16H18O. The van der Waals surface area contributed by atoms with Gasteiger partial charge < -0.3 is 4.74 Å². The number of benzene rings is 2. The van der Waals surface area contributed by atoms with E-state index in [1.54, 1.807) is 0 Å². The summed E-state index contributed by atoms with van der Waals surface area (Å²) in [4.78, 5) is 0. The number of hydrogen-bond acceptors (Lipinski definition) is 1. The molecule has 0 radical (unpaired) electrons. The van der Waals surface area contributed by atoms with Gasteiger partial charge in [0.1, 0.15) is 0 Å². The minimum atomic E-state index is 0.171. The molecule has 1 unspecified atom stereocenters. The van der Waals surface area contributed by atoms with Crippen LogP contribution in [0.25, 0.3) is 11.1 Å². The van der Waals surface area contributed by atoms with Crippen molar-refractivity contribution in [1.29, 1.82) is 0 Å². The molecule has 2 aromatic rings. The first kappa shape index (κ1) is 11.9. The van der Waals surface area contributed by atoms with Crippen LogP contribution in [0.5, 0.6) is 0 Å². The third kappa shape index (κ3) is 2.95. The molecule has 0 saturated heterocycles. The number of hydrogen-bond donors (Lipinski definition) is 0. The summed E-state index contributed by atoms with van der Waals surface area (Å²) in [5, 5.41) is 0. The van der Waals surface area contributed by atoms with Crippen LogP contribution < -0.4 is 0 Å². The van der Waals surface area contributed by atoms with Gasteiger partial charge in [-0.3, -0.25) is 0 Å². The highest BCUT2D eigenvalue weighted by Crippen LogP contribution is 2.22. The van der Waals surface area contributed by atoms with Crippen molar-refractivity contribution in [2.24, 2.45) is 0 Å². The second-order valence-corrected chi connectivity index (χ2v) is 4.09. The molecule has 0 spiro atoms. The van der Waals surface area contributed by atoms with Gasteiger partial charge in [0.2, 0.25) is 0 Å². The van der Waals surface area contributed by atoms with Gasteiger partial charge >= 0.3 is 0 Å². The molecule has 0 saturated carbocycles. The Kier molecular flexibility index (Phi) is 3.94. The van der Waals surface area contributed by atoms with Crippen LogP contribution in [-0.4, -0.2) is 6.61 Å². The first-order valence-electron chi connectivity index (χ1n) is 6.08. The highest BCUT2D eigenvalue weighted by atomic mass is 16.5. The Hall–Kier alpha value is -1.60. The zero-order chi connectivity index (χ0) is 12.1. The zero-order valence-electron chi connectivity index (χ0n) is 10.4. The molecule has 0 heterocycles. The van der Waals surface area contributed by atoms with Gasteiger partial charge in [-0.2, -0.15) is 0 Å². The molecule has 1 heteroatoms.